The van der Waals surface area contributed by atoms with E-state index in [0.29, 0.717) is 23.5 Å². The van der Waals surface area contributed by atoms with Crippen molar-refractivity contribution < 1.29 is 69.0 Å². The van der Waals surface area contributed by atoms with Crippen LogP contribution in [0.4, 0.5) is 4.79 Å². The van der Waals surface area contributed by atoms with Gasteiger partial charge in [-0.15, -0.1) is 0 Å². The summed E-state index contributed by atoms with van der Waals surface area (Å²) in [4.78, 5) is 15.4. The molecule has 2 bridgehead atoms. The van der Waals surface area contributed by atoms with E-state index in [1.165, 1.54) is 5.56 Å². The summed E-state index contributed by atoms with van der Waals surface area (Å²) in [7, 11) is 2.12. The molecule has 1 spiro atoms. The van der Waals surface area contributed by atoms with Crippen LogP contribution in [-0.4, -0.2) is 141 Å². The number of carbonyl (C=O) groups excluding carboxylic acids is 1. The van der Waals surface area contributed by atoms with Gasteiger partial charge >= 0.3 is 6.16 Å². The largest absolute Gasteiger partial charge is 0.513 e. The Labute approximate surface area is 258 Å². The molecule has 0 radical (unpaired) electrons. The van der Waals surface area contributed by atoms with Crippen molar-refractivity contribution in [2.75, 3.05) is 26.8 Å². The Morgan fingerprint density at radius 2 is 1.93 bits per heavy atom. The highest BCUT2D eigenvalue weighted by Gasteiger charge is 2.64. The SMILES string of the molecule is CN1CC[C@]23c4c5ccc(CO)c4OC2C(OC(=O)OC[C@H]2OC(O)[C@H](O)[C@H]2OC2O[C@H](C(O)CO)[C@H](O)[C@@H]2O)=CCC3[C@H]1C5. The number of hydrogen-bond acceptors (Lipinski definition) is 15. The van der Waals surface area contributed by atoms with Crippen molar-refractivity contribution in [3.63, 3.8) is 0 Å². The van der Waals surface area contributed by atoms with E-state index in [9.17, 15) is 40.5 Å². The predicted molar refractivity (Wildman–Crippen MR) is 147 cm³/mol. The fourth-order valence-electron chi connectivity index (χ4n) is 8.27. The second-order valence-corrected chi connectivity index (χ2v) is 12.8. The molecule has 7 N–H and O–H groups in total. The molecule has 1 aromatic rings. The van der Waals surface area contributed by atoms with Crippen LogP contribution in [0.3, 0.4) is 0 Å². The van der Waals surface area contributed by atoms with Crippen molar-refractivity contribution in [2.45, 2.75) is 98.7 Å². The van der Waals surface area contributed by atoms with Gasteiger partial charge in [-0.1, -0.05) is 12.1 Å². The summed E-state index contributed by atoms with van der Waals surface area (Å²) in [6.07, 6.45) is -11.2. The average molecular weight is 638 g/mol. The molecule has 0 aromatic heterocycles. The summed E-state index contributed by atoms with van der Waals surface area (Å²) in [5.41, 5.74) is 2.52. The summed E-state index contributed by atoms with van der Waals surface area (Å²) >= 11 is 0. The molecular weight excluding hydrogens is 598 g/mol. The van der Waals surface area contributed by atoms with E-state index in [0.717, 1.165) is 24.9 Å². The number of likely N-dealkylation sites (N-methyl/N-ethyl adjacent to an activating group) is 1. The van der Waals surface area contributed by atoms with E-state index in [4.69, 9.17) is 28.4 Å². The van der Waals surface area contributed by atoms with Crippen LogP contribution in [0.15, 0.2) is 24.0 Å². The zero-order valence-electron chi connectivity index (χ0n) is 24.5. The fourth-order valence-corrected chi connectivity index (χ4v) is 8.27. The van der Waals surface area contributed by atoms with Crippen molar-refractivity contribution in [2.24, 2.45) is 5.92 Å². The topological polar surface area (TPSA) is 217 Å². The molecule has 2 aliphatic carbocycles. The van der Waals surface area contributed by atoms with E-state index in [2.05, 4.69) is 18.0 Å². The predicted octanol–water partition coefficient (Wildman–Crippen LogP) is -2.24. The summed E-state index contributed by atoms with van der Waals surface area (Å²) in [6.45, 7) is -0.619. The maximum Gasteiger partial charge on any atom is 0.513 e. The van der Waals surface area contributed by atoms with Crippen LogP contribution in [0.25, 0.3) is 0 Å². The summed E-state index contributed by atoms with van der Waals surface area (Å²) < 4.78 is 33.9. The third kappa shape index (κ3) is 4.80. The lowest BCUT2D eigenvalue weighted by Gasteiger charge is -2.56. The molecule has 7 rings (SSSR count). The Balaban J connectivity index is 1.04. The van der Waals surface area contributed by atoms with Gasteiger partial charge < -0.3 is 69.1 Å². The highest BCUT2D eigenvalue weighted by atomic mass is 16.8. The summed E-state index contributed by atoms with van der Waals surface area (Å²) in [5.74, 6) is 1.18. The first kappa shape index (κ1) is 31.2. The minimum Gasteiger partial charge on any atom is -0.481 e. The number of piperidine rings is 1. The molecule has 45 heavy (non-hydrogen) atoms. The van der Waals surface area contributed by atoms with Crippen molar-refractivity contribution in [1.29, 1.82) is 0 Å². The highest BCUT2D eigenvalue weighted by Crippen LogP contribution is 2.62. The number of aliphatic hydroxyl groups is 7. The van der Waals surface area contributed by atoms with E-state index in [-0.39, 0.29) is 18.6 Å². The van der Waals surface area contributed by atoms with Gasteiger partial charge in [0.05, 0.1) is 13.2 Å². The molecule has 3 saturated heterocycles. The van der Waals surface area contributed by atoms with Crippen LogP contribution >= 0.6 is 0 Å². The lowest BCUT2D eigenvalue weighted by molar-refractivity contribution is -0.221. The lowest BCUT2D eigenvalue weighted by atomic mass is 9.53. The molecule has 1 aromatic carbocycles. The van der Waals surface area contributed by atoms with E-state index in [1.807, 2.05) is 12.1 Å². The molecule has 4 heterocycles. The van der Waals surface area contributed by atoms with Gasteiger partial charge in [-0.05, 0) is 50.4 Å². The molecule has 248 valence electrons. The van der Waals surface area contributed by atoms with Gasteiger partial charge in [0.2, 0.25) is 0 Å². The van der Waals surface area contributed by atoms with Crippen LogP contribution in [-0.2, 0) is 42.1 Å². The van der Waals surface area contributed by atoms with E-state index in [1.54, 1.807) is 0 Å². The number of ether oxygens (including phenoxy) is 6. The molecule has 0 amide bonds. The normalized spacial score (nSPS) is 42.1. The maximum atomic E-state index is 13.0. The number of allylic oxidation sites excluding steroid dienone is 1. The standard InChI is InChI=1S/C30H39NO14/c1-31-7-6-30-14-4-5-17(26(30)43-23-13(9-32)3-2-12(19(23)30)8-15(14)31)42-29(39)40-11-18-25(22(37)27(38)41-18)45-28-21(36)20(35)24(44-28)16(34)10-33/h2-3,5,14-16,18,20-22,24-28,32-38H,4,6-11H2,1H3/t14?,15-,16?,18-,20-,21+,22-,24-,25+,26?,27?,28?,30+/m1/s1. The number of rotatable bonds is 8. The number of nitrogens with zero attached hydrogens (tertiary/aromatic N) is 1. The van der Waals surface area contributed by atoms with Gasteiger partial charge in [0.15, 0.2) is 18.7 Å². The summed E-state index contributed by atoms with van der Waals surface area (Å²) in [6, 6.07) is 4.22. The number of benzene rings is 1. The zero-order valence-corrected chi connectivity index (χ0v) is 24.5. The fraction of sp³-hybridized carbons (Fsp3) is 0.700. The van der Waals surface area contributed by atoms with Gasteiger partial charge in [0, 0.05) is 22.6 Å². The average Bonchev–Trinajstić information content (AvgIpc) is 3.63. The molecule has 4 aliphatic heterocycles. The third-order valence-corrected chi connectivity index (χ3v) is 10.5. The zero-order chi connectivity index (χ0) is 31.8. The van der Waals surface area contributed by atoms with Crippen molar-refractivity contribution in [3.8, 4) is 5.75 Å². The Bertz CT molecular complexity index is 1340. The lowest BCUT2D eigenvalue weighted by Crippen LogP contribution is -2.63. The third-order valence-electron chi connectivity index (χ3n) is 10.5. The molecule has 15 heteroatoms. The minimum absolute atomic E-state index is 0.186. The molecule has 6 aliphatic rings. The van der Waals surface area contributed by atoms with Crippen LogP contribution in [0.2, 0.25) is 0 Å². The summed E-state index contributed by atoms with van der Waals surface area (Å²) in [5, 5.41) is 70.2. The Hall–Kier alpha value is -2.41. The van der Waals surface area contributed by atoms with Crippen LogP contribution in [0.1, 0.15) is 29.5 Å². The van der Waals surface area contributed by atoms with Gasteiger partial charge in [-0.3, -0.25) is 0 Å². The number of hydrogen-bond donors (Lipinski definition) is 7. The van der Waals surface area contributed by atoms with Crippen molar-refractivity contribution in [3.05, 3.63) is 40.7 Å². The second kappa shape index (κ2) is 11.7. The Morgan fingerprint density at radius 1 is 1.13 bits per heavy atom. The maximum absolute atomic E-state index is 13.0. The Morgan fingerprint density at radius 3 is 2.69 bits per heavy atom. The van der Waals surface area contributed by atoms with Gasteiger partial charge in [0.1, 0.15) is 60.8 Å². The molecule has 13 atom stereocenters. The Kier molecular flexibility index (Phi) is 8.10. The highest BCUT2D eigenvalue weighted by molar-refractivity contribution is 5.64. The van der Waals surface area contributed by atoms with E-state index >= 15 is 0 Å². The number of likely N-dealkylation sites (tertiary alicyclic amines) is 1. The molecule has 3 fully saturated rings. The first-order valence-corrected chi connectivity index (χ1v) is 15.2. The second-order valence-electron chi connectivity index (χ2n) is 12.8. The monoisotopic (exact) mass is 637 g/mol. The molecule has 15 nitrogen and oxygen atoms in total. The van der Waals surface area contributed by atoms with Crippen LogP contribution in [0, 0.1) is 5.92 Å². The van der Waals surface area contributed by atoms with Crippen molar-refractivity contribution >= 4 is 6.16 Å². The van der Waals surface area contributed by atoms with Gasteiger partial charge in [-0.2, -0.15) is 0 Å². The quantitative estimate of drug-likeness (QED) is 0.150. The smallest absolute Gasteiger partial charge is 0.481 e. The van der Waals surface area contributed by atoms with Crippen LogP contribution in [0.5, 0.6) is 5.75 Å². The molecular formula is C30H39NO14. The number of carbonyl (C=O) groups is 1. The number of aliphatic hydroxyl groups excluding tert-OH is 7. The van der Waals surface area contributed by atoms with Crippen LogP contribution < -0.4 is 4.74 Å². The molecule has 5 unspecified atom stereocenters. The first-order chi connectivity index (χ1) is 21.6. The van der Waals surface area contributed by atoms with E-state index < -0.39 is 86.2 Å². The minimum atomic E-state index is -1.72. The van der Waals surface area contributed by atoms with Gasteiger partial charge in [-0.25, -0.2) is 4.79 Å². The molecule has 0 saturated carbocycles. The van der Waals surface area contributed by atoms with Gasteiger partial charge in [0.25, 0.3) is 0 Å². The van der Waals surface area contributed by atoms with Crippen molar-refractivity contribution in [1.82, 2.24) is 4.90 Å². The first-order valence-electron chi connectivity index (χ1n) is 15.2.